The summed E-state index contributed by atoms with van der Waals surface area (Å²) in [6.07, 6.45) is 1.73. The smallest absolute Gasteiger partial charge is 0.185 e. The van der Waals surface area contributed by atoms with E-state index in [-0.39, 0.29) is 6.10 Å². The molecule has 0 saturated carbocycles. The Balaban J connectivity index is 1.90. The Morgan fingerprint density at radius 1 is 1.53 bits per heavy atom. The molecule has 1 aromatic rings. The van der Waals surface area contributed by atoms with E-state index in [2.05, 4.69) is 11.1 Å². The number of rotatable bonds is 5. The van der Waals surface area contributed by atoms with Gasteiger partial charge < -0.3 is 15.2 Å². The highest BCUT2D eigenvalue weighted by atomic mass is 16.5. The predicted molar refractivity (Wildman–Crippen MR) is 67.5 cm³/mol. The van der Waals surface area contributed by atoms with E-state index in [1.165, 1.54) is 5.56 Å². The van der Waals surface area contributed by atoms with Crippen LogP contribution in [-0.4, -0.2) is 32.2 Å². The summed E-state index contributed by atoms with van der Waals surface area (Å²) in [4.78, 5) is 4.33. The summed E-state index contributed by atoms with van der Waals surface area (Å²) in [7, 11) is 1.67. The number of ether oxygens (including phenoxy) is 2. The van der Waals surface area contributed by atoms with Crippen molar-refractivity contribution in [1.82, 2.24) is 0 Å². The molecule has 2 rings (SSSR count). The zero-order valence-corrected chi connectivity index (χ0v) is 10.1. The van der Waals surface area contributed by atoms with Crippen molar-refractivity contribution in [1.29, 1.82) is 0 Å². The number of hydrogen-bond acceptors (Lipinski definition) is 4. The first-order valence-electron chi connectivity index (χ1n) is 5.85. The number of benzene rings is 1. The quantitative estimate of drug-likeness (QED) is 0.837. The van der Waals surface area contributed by atoms with Crippen LogP contribution in [0.3, 0.4) is 0 Å². The minimum Gasteiger partial charge on any atom is -0.497 e. The Bertz CT molecular complexity index is 404. The first-order valence-corrected chi connectivity index (χ1v) is 5.85. The lowest BCUT2D eigenvalue weighted by atomic mass is 10.1. The van der Waals surface area contributed by atoms with Gasteiger partial charge in [0.15, 0.2) is 5.90 Å². The zero-order chi connectivity index (χ0) is 12.1. The fourth-order valence-electron chi connectivity index (χ4n) is 1.90. The molecule has 0 fully saturated rings. The van der Waals surface area contributed by atoms with Crippen molar-refractivity contribution in [2.75, 3.05) is 20.2 Å². The fraction of sp³-hybridized carbons (Fsp3) is 0.462. The van der Waals surface area contributed by atoms with E-state index in [9.17, 15) is 0 Å². The Labute approximate surface area is 101 Å². The maximum Gasteiger partial charge on any atom is 0.185 e. The predicted octanol–water partition coefficient (Wildman–Crippen LogP) is 1.38. The van der Waals surface area contributed by atoms with E-state index in [0.717, 1.165) is 31.0 Å². The Morgan fingerprint density at radius 2 is 2.41 bits per heavy atom. The van der Waals surface area contributed by atoms with Gasteiger partial charge in [-0.15, -0.1) is 0 Å². The lowest BCUT2D eigenvalue weighted by Crippen LogP contribution is -2.17. The van der Waals surface area contributed by atoms with Crippen LogP contribution in [0, 0.1) is 0 Å². The van der Waals surface area contributed by atoms with Crippen LogP contribution in [0.1, 0.15) is 12.0 Å². The molecule has 17 heavy (non-hydrogen) atoms. The van der Waals surface area contributed by atoms with Crippen molar-refractivity contribution >= 4 is 5.90 Å². The maximum absolute atomic E-state index is 5.71. The summed E-state index contributed by atoms with van der Waals surface area (Å²) in [5.41, 5.74) is 6.67. The van der Waals surface area contributed by atoms with E-state index in [0.29, 0.717) is 6.54 Å². The summed E-state index contributed by atoms with van der Waals surface area (Å²) < 4.78 is 10.9. The summed E-state index contributed by atoms with van der Waals surface area (Å²) in [6, 6.07) is 8.04. The molecular formula is C13H18N2O2. The van der Waals surface area contributed by atoms with Gasteiger partial charge in [0, 0.05) is 19.4 Å². The zero-order valence-electron chi connectivity index (χ0n) is 10.1. The van der Waals surface area contributed by atoms with Crippen molar-refractivity contribution in [2.24, 2.45) is 10.7 Å². The van der Waals surface area contributed by atoms with Gasteiger partial charge in [0.25, 0.3) is 0 Å². The second-order valence-corrected chi connectivity index (χ2v) is 4.07. The molecule has 0 radical (unpaired) electrons. The average Bonchev–Trinajstić information content (AvgIpc) is 2.77. The minimum absolute atomic E-state index is 0.142. The highest BCUT2D eigenvalue weighted by molar-refractivity contribution is 5.77. The number of hydrogen-bond donors (Lipinski definition) is 1. The molecule has 0 aromatic heterocycles. The third kappa shape index (κ3) is 3.20. The highest BCUT2D eigenvalue weighted by Crippen LogP contribution is 2.17. The molecule has 1 heterocycles. The van der Waals surface area contributed by atoms with E-state index in [1.807, 2.05) is 18.2 Å². The van der Waals surface area contributed by atoms with Gasteiger partial charge in [0.05, 0.1) is 13.7 Å². The Morgan fingerprint density at radius 3 is 3.18 bits per heavy atom. The molecule has 0 bridgehead atoms. The van der Waals surface area contributed by atoms with Gasteiger partial charge in [-0.1, -0.05) is 12.1 Å². The van der Waals surface area contributed by atoms with Crippen molar-refractivity contribution in [3.05, 3.63) is 29.8 Å². The number of methoxy groups -OCH3 is 1. The highest BCUT2D eigenvalue weighted by Gasteiger charge is 2.19. The number of nitrogens with zero attached hydrogens (tertiary/aromatic N) is 1. The van der Waals surface area contributed by atoms with Crippen LogP contribution >= 0.6 is 0 Å². The lowest BCUT2D eigenvalue weighted by Gasteiger charge is -2.11. The van der Waals surface area contributed by atoms with Gasteiger partial charge in [0.2, 0.25) is 0 Å². The van der Waals surface area contributed by atoms with Crippen LogP contribution in [0.25, 0.3) is 0 Å². The van der Waals surface area contributed by atoms with Gasteiger partial charge in [-0.3, -0.25) is 4.99 Å². The third-order valence-electron chi connectivity index (χ3n) is 2.73. The van der Waals surface area contributed by atoms with Crippen LogP contribution in [0.15, 0.2) is 29.3 Å². The second-order valence-electron chi connectivity index (χ2n) is 4.07. The van der Waals surface area contributed by atoms with Gasteiger partial charge in [-0.25, -0.2) is 0 Å². The third-order valence-corrected chi connectivity index (χ3v) is 2.73. The van der Waals surface area contributed by atoms with E-state index in [1.54, 1.807) is 7.11 Å². The van der Waals surface area contributed by atoms with Crippen molar-refractivity contribution in [2.45, 2.75) is 18.9 Å². The molecule has 0 spiro atoms. The molecule has 1 aliphatic heterocycles. The molecule has 92 valence electrons. The summed E-state index contributed by atoms with van der Waals surface area (Å²) in [5.74, 6) is 1.67. The van der Waals surface area contributed by atoms with Crippen LogP contribution in [-0.2, 0) is 11.2 Å². The summed E-state index contributed by atoms with van der Waals surface area (Å²) in [5, 5.41) is 0. The van der Waals surface area contributed by atoms with Crippen LogP contribution in [0.4, 0.5) is 0 Å². The topological polar surface area (TPSA) is 56.8 Å². The first kappa shape index (κ1) is 11.9. The number of nitrogens with two attached hydrogens (primary N) is 1. The van der Waals surface area contributed by atoms with E-state index >= 15 is 0 Å². The van der Waals surface area contributed by atoms with Crippen molar-refractivity contribution < 1.29 is 9.47 Å². The lowest BCUT2D eigenvalue weighted by molar-refractivity contribution is 0.219. The molecule has 4 heteroatoms. The first-order chi connectivity index (χ1) is 8.31. The molecule has 4 nitrogen and oxygen atoms in total. The molecule has 1 aromatic carbocycles. The molecule has 0 saturated heterocycles. The summed E-state index contributed by atoms with van der Waals surface area (Å²) >= 11 is 0. The van der Waals surface area contributed by atoms with Gasteiger partial charge in [-0.2, -0.15) is 0 Å². The van der Waals surface area contributed by atoms with E-state index in [4.69, 9.17) is 15.2 Å². The maximum atomic E-state index is 5.71. The molecule has 1 atom stereocenters. The van der Waals surface area contributed by atoms with Crippen LogP contribution in [0.5, 0.6) is 5.75 Å². The normalized spacial score (nSPS) is 18.7. The number of aliphatic imine (C=N–C) groups is 1. The molecule has 0 aliphatic carbocycles. The van der Waals surface area contributed by atoms with Crippen LogP contribution < -0.4 is 10.5 Å². The molecule has 2 N–H and O–H groups in total. The van der Waals surface area contributed by atoms with E-state index < -0.39 is 0 Å². The monoisotopic (exact) mass is 234 g/mol. The summed E-state index contributed by atoms with van der Waals surface area (Å²) in [6.45, 7) is 1.32. The van der Waals surface area contributed by atoms with Gasteiger partial charge in [0.1, 0.15) is 11.9 Å². The Kier molecular flexibility index (Phi) is 3.98. The largest absolute Gasteiger partial charge is 0.497 e. The van der Waals surface area contributed by atoms with Crippen molar-refractivity contribution in [3.8, 4) is 5.75 Å². The molecular weight excluding hydrogens is 216 g/mol. The second kappa shape index (κ2) is 5.68. The molecule has 1 unspecified atom stereocenters. The average molecular weight is 234 g/mol. The Hall–Kier alpha value is -1.55. The minimum atomic E-state index is 0.142. The SMILES string of the molecule is COc1cccc(CC2CN=C(CCN)O2)c1. The van der Waals surface area contributed by atoms with Crippen molar-refractivity contribution in [3.63, 3.8) is 0 Å². The van der Waals surface area contributed by atoms with Gasteiger partial charge >= 0.3 is 0 Å². The fourth-order valence-corrected chi connectivity index (χ4v) is 1.90. The van der Waals surface area contributed by atoms with Crippen LogP contribution in [0.2, 0.25) is 0 Å². The molecule has 0 amide bonds. The standard InChI is InChI=1S/C13H18N2O2/c1-16-11-4-2-3-10(7-11)8-12-9-15-13(17-12)5-6-14/h2-4,7,12H,5-6,8-9,14H2,1H3. The van der Waals surface area contributed by atoms with Gasteiger partial charge in [-0.05, 0) is 17.7 Å². The molecule has 1 aliphatic rings.